The van der Waals surface area contributed by atoms with E-state index in [2.05, 4.69) is 5.32 Å². The molecule has 0 bridgehead atoms. The molecule has 17 heavy (non-hydrogen) atoms. The number of furan rings is 1. The average molecular weight is 233 g/mol. The molecule has 0 radical (unpaired) electrons. The fourth-order valence-corrected chi connectivity index (χ4v) is 1.66. The van der Waals surface area contributed by atoms with Crippen molar-refractivity contribution in [3.63, 3.8) is 0 Å². The molecule has 1 aromatic heterocycles. The summed E-state index contributed by atoms with van der Waals surface area (Å²) < 4.78 is 18.4. The molecule has 0 fully saturated rings. The molecule has 0 aliphatic heterocycles. The summed E-state index contributed by atoms with van der Waals surface area (Å²) in [7, 11) is 0. The molecule has 2 nitrogen and oxygen atoms in total. The molecule has 1 unspecified atom stereocenters. The van der Waals surface area contributed by atoms with E-state index in [0.29, 0.717) is 12.1 Å². The fourth-order valence-electron chi connectivity index (χ4n) is 1.66. The van der Waals surface area contributed by atoms with Crippen molar-refractivity contribution in [3.8, 4) is 0 Å². The molecule has 0 amide bonds. The van der Waals surface area contributed by atoms with Crippen LogP contribution in [0, 0.1) is 12.7 Å². The lowest BCUT2D eigenvalue weighted by atomic mass is 10.1. The predicted molar refractivity (Wildman–Crippen MR) is 65.1 cm³/mol. The van der Waals surface area contributed by atoms with Gasteiger partial charge in [-0.2, -0.15) is 0 Å². The third kappa shape index (κ3) is 2.94. The molecular formula is C14H16FNO. The quantitative estimate of drug-likeness (QED) is 0.873. The van der Waals surface area contributed by atoms with Crippen molar-refractivity contribution in [3.05, 3.63) is 59.3 Å². The molecule has 3 heteroatoms. The first-order chi connectivity index (χ1) is 8.16. The second kappa shape index (κ2) is 5.15. The van der Waals surface area contributed by atoms with Gasteiger partial charge in [-0.1, -0.05) is 12.1 Å². The highest BCUT2D eigenvalue weighted by molar-refractivity contribution is 5.25. The zero-order valence-corrected chi connectivity index (χ0v) is 10.0. The van der Waals surface area contributed by atoms with E-state index in [1.807, 2.05) is 19.1 Å². The first kappa shape index (κ1) is 11.9. The first-order valence-corrected chi connectivity index (χ1v) is 5.67. The van der Waals surface area contributed by atoms with Gasteiger partial charge < -0.3 is 9.73 Å². The minimum Gasteiger partial charge on any atom is -0.472 e. The highest BCUT2D eigenvalue weighted by Gasteiger charge is 2.07. The Balaban J connectivity index is 1.99. The van der Waals surface area contributed by atoms with Gasteiger partial charge in [-0.05, 0) is 37.1 Å². The molecule has 1 aromatic carbocycles. The standard InChI is InChI=1S/C14H16FNO/c1-10-3-4-13(7-14(10)15)11(2)16-8-12-5-6-17-9-12/h3-7,9,11,16H,8H2,1-2H3. The zero-order chi connectivity index (χ0) is 12.3. The molecule has 0 spiro atoms. The van der Waals surface area contributed by atoms with Crippen molar-refractivity contribution in [2.24, 2.45) is 0 Å². The summed E-state index contributed by atoms with van der Waals surface area (Å²) >= 11 is 0. The number of rotatable bonds is 4. The number of nitrogens with one attached hydrogen (secondary N) is 1. The van der Waals surface area contributed by atoms with Crippen LogP contribution in [0.5, 0.6) is 0 Å². The molecule has 0 saturated carbocycles. The van der Waals surface area contributed by atoms with Crippen molar-refractivity contribution in [1.82, 2.24) is 5.32 Å². The third-order valence-corrected chi connectivity index (χ3v) is 2.89. The summed E-state index contributed by atoms with van der Waals surface area (Å²) in [6.07, 6.45) is 3.35. The summed E-state index contributed by atoms with van der Waals surface area (Å²) in [6, 6.07) is 7.37. The van der Waals surface area contributed by atoms with Crippen molar-refractivity contribution in [2.45, 2.75) is 26.4 Å². The Morgan fingerprint density at radius 1 is 1.35 bits per heavy atom. The normalized spacial score (nSPS) is 12.6. The predicted octanol–water partition coefficient (Wildman–Crippen LogP) is 3.58. The minimum absolute atomic E-state index is 0.111. The maximum atomic E-state index is 13.4. The number of hydrogen-bond donors (Lipinski definition) is 1. The molecular weight excluding hydrogens is 217 g/mol. The van der Waals surface area contributed by atoms with Gasteiger partial charge in [0, 0.05) is 18.2 Å². The molecule has 1 N–H and O–H groups in total. The summed E-state index contributed by atoms with van der Waals surface area (Å²) in [4.78, 5) is 0. The Hall–Kier alpha value is -1.61. The van der Waals surface area contributed by atoms with E-state index in [-0.39, 0.29) is 11.9 Å². The maximum Gasteiger partial charge on any atom is 0.126 e. The molecule has 90 valence electrons. The Morgan fingerprint density at radius 3 is 2.82 bits per heavy atom. The van der Waals surface area contributed by atoms with Gasteiger partial charge >= 0.3 is 0 Å². The molecule has 2 rings (SSSR count). The van der Waals surface area contributed by atoms with Crippen LogP contribution in [-0.4, -0.2) is 0 Å². The van der Waals surface area contributed by atoms with Crippen molar-refractivity contribution in [2.75, 3.05) is 0 Å². The minimum atomic E-state index is -0.153. The van der Waals surface area contributed by atoms with Crippen LogP contribution in [0.2, 0.25) is 0 Å². The summed E-state index contributed by atoms with van der Waals surface area (Å²) in [5, 5.41) is 3.32. The van der Waals surface area contributed by atoms with Gasteiger partial charge in [0.2, 0.25) is 0 Å². The SMILES string of the molecule is Cc1ccc(C(C)NCc2ccoc2)cc1F. The zero-order valence-electron chi connectivity index (χ0n) is 10.0. The number of halogens is 1. The van der Waals surface area contributed by atoms with Crippen LogP contribution in [0.25, 0.3) is 0 Å². The summed E-state index contributed by atoms with van der Waals surface area (Å²) in [6.45, 7) is 4.50. The number of aryl methyl sites for hydroxylation is 1. The van der Waals surface area contributed by atoms with Crippen molar-refractivity contribution in [1.29, 1.82) is 0 Å². The lowest BCUT2D eigenvalue weighted by Gasteiger charge is -2.14. The molecule has 0 aliphatic rings. The molecule has 0 saturated heterocycles. The average Bonchev–Trinajstić information content (AvgIpc) is 2.82. The highest BCUT2D eigenvalue weighted by Crippen LogP contribution is 2.16. The van der Waals surface area contributed by atoms with Gasteiger partial charge in [0.15, 0.2) is 0 Å². The molecule has 1 atom stereocenters. The van der Waals surface area contributed by atoms with Gasteiger partial charge in [-0.15, -0.1) is 0 Å². The molecule has 2 aromatic rings. The third-order valence-electron chi connectivity index (χ3n) is 2.89. The van der Waals surface area contributed by atoms with Gasteiger partial charge in [0.05, 0.1) is 12.5 Å². The summed E-state index contributed by atoms with van der Waals surface area (Å²) in [5.41, 5.74) is 2.72. The van der Waals surface area contributed by atoms with Crippen molar-refractivity contribution >= 4 is 0 Å². The van der Waals surface area contributed by atoms with Gasteiger partial charge in [0.25, 0.3) is 0 Å². The van der Waals surface area contributed by atoms with Crippen LogP contribution >= 0.6 is 0 Å². The van der Waals surface area contributed by atoms with Crippen LogP contribution < -0.4 is 5.32 Å². The van der Waals surface area contributed by atoms with E-state index < -0.39 is 0 Å². The first-order valence-electron chi connectivity index (χ1n) is 5.67. The Bertz CT molecular complexity index is 479. The van der Waals surface area contributed by atoms with Crippen LogP contribution in [0.1, 0.15) is 29.7 Å². The van der Waals surface area contributed by atoms with E-state index in [1.54, 1.807) is 31.6 Å². The van der Waals surface area contributed by atoms with Gasteiger partial charge in [-0.25, -0.2) is 4.39 Å². The van der Waals surface area contributed by atoms with Crippen LogP contribution in [0.4, 0.5) is 4.39 Å². The molecule has 0 aliphatic carbocycles. The number of benzene rings is 1. The van der Waals surface area contributed by atoms with Gasteiger partial charge in [-0.3, -0.25) is 0 Å². The van der Waals surface area contributed by atoms with E-state index in [1.165, 1.54) is 0 Å². The van der Waals surface area contributed by atoms with Crippen LogP contribution in [-0.2, 0) is 6.54 Å². The maximum absolute atomic E-state index is 13.4. The van der Waals surface area contributed by atoms with Gasteiger partial charge in [0.1, 0.15) is 5.82 Å². The lowest BCUT2D eigenvalue weighted by molar-refractivity contribution is 0.543. The Morgan fingerprint density at radius 2 is 2.18 bits per heavy atom. The van der Waals surface area contributed by atoms with E-state index in [9.17, 15) is 4.39 Å². The Labute approximate surface area is 100 Å². The van der Waals surface area contributed by atoms with E-state index >= 15 is 0 Å². The van der Waals surface area contributed by atoms with E-state index in [0.717, 1.165) is 11.1 Å². The lowest BCUT2D eigenvalue weighted by Crippen LogP contribution is -2.17. The van der Waals surface area contributed by atoms with Crippen LogP contribution in [0.15, 0.2) is 41.2 Å². The molecule has 1 heterocycles. The second-order valence-electron chi connectivity index (χ2n) is 4.24. The highest BCUT2D eigenvalue weighted by atomic mass is 19.1. The topological polar surface area (TPSA) is 25.2 Å². The number of hydrogen-bond acceptors (Lipinski definition) is 2. The fraction of sp³-hybridized carbons (Fsp3) is 0.286. The smallest absolute Gasteiger partial charge is 0.126 e. The largest absolute Gasteiger partial charge is 0.472 e. The van der Waals surface area contributed by atoms with Crippen LogP contribution in [0.3, 0.4) is 0 Å². The Kier molecular flexibility index (Phi) is 3.59. The summed E-state index contributed by atoms with van der Waals surface area (Å²) in [5.74, 6) is -0.153. The second-order valence-corrected chi connectivity index (χ2v) is 4.24. The van der Waals surface area contributed by atoms with Crippen molar-refractivity contribution < 1.29 is 8.81 Å². The monoisotopic (exact) mass is 233 g/mol. The van der Waals surface area contributed by atoms with E-state index in [4.69, 9.17) is 4.42 Å².